The van der Waals surface area contributed by atoms with E-state index in [0.717, 1.165) is 5.56 Å². The SMILES string of the molecule is CC(C)C[C@H]1N[C@@]2(C(=O)Nc3ccccc32)[C@@H]2C(=O)N(Cc3ccccc3Cl)C(=O)[C@H]21. The van der Waals surface area contributed by atoms with Crippen molar-refractivity contribution in [3.63, 3.8) is 0 Å². The lowest BCUT2D eigenvalue weighted by atomic mass is 9.76. The highest BCUT2D eigenvalue weighted by Gasteiger charge is 2.70. The lowest BCUT2D eigenvalue weighted by Crippen LogP contribution is -2.53. The molecule has 1 spiro atoms. The van der Waals surface area contributed by atoms with Gasteiger partial charge in [0.1, 0.15) is 5.54 Å². The first-order valence-electron chi connectivity index (χ1n) is 10.6. The molecule has 160 valence electrons. The van der Waals surface area contributed by atoms with E-state index in [-0.39, 0.29) is 30.3 Å². The second kappa shape index (κ2) is 7.18. The number of imide groups is 1. The molecule has 2 aromatic carbocycles. The Morgan fingerprint density at radius 2 is 1.74 bits per heavy atom. The van der Waals surface area contributed by atoms with Crippen molar-refractivity contribution in [1.82, 2.24) is 10.2 Å². The smallest absolute Gasteiger partial charge is 0.250 e. The van der Waals surface area contributed by atoms with Crippen molar-refractivity contribution in [2.45, 2.75) is 38.4 Å². The van der Waals surface area contributed by atoms with Crippen LogP contribution < -0.4 is 10.6 Å². The third-order valence-electron chi connectivity index (χ3n) is 6.73. The van der Waals surface area contributed by atoms with Crippen molar-refractivity contribution < 1.29 is 14.4 Å². The molecule has 0 radical (unpaired) electrons. The van der Waals surface area contributed by atoms with Gasteiger partial charge in [-0.2, -0.15) is 0 Å². The van der Waals surface area contributed by atoms with Crippen LogP contribution in [0, 0.1) is 17.8 Å². The van der Waals surface area contributed by atoms with Crippen LogP contribution in [0.5, 0.6) is 0 Å². The molecule has 2 fully saturated rings. The van der Waals surface area contributed by atoms with E-state index < -0.39 is 17.4 Å². The molecule has 31 heavy (non-hydrogen) atoms. The Labute approximate surface area is 185 Å². The van der Waals surface area contributed by atoms with Crippen LogP contribution in [0.25, 0.3) is 0 Å². The Hall–Kier alpha value is -2.70. The van der Waals surface area contributed by atoms with E-state index in [9.17, 15) is 14.4 Å². The second-order valence-electron chi connectivity index (χ2n) is 9.05. The summed E-state index contributed by atoms with van der Waals surface area (Å²) in [4.78, 5) is 41.9. The van der Waals surface area contributed by atoms with Crippen molar-refractivity contribution in [2.24, 2.45) is 17.8 Å². The molecule has 0 bridgehead atoms. The van der Waals surface area contributed by atoms with Gasteiger partial charge >= 0.3 is 0 Å². The molecule has 3 heterocycles. The summed E-state index contributed by atoms with van der Waals surface area (Å²) in [5, 5.41) is 6.89. The topological polar surface area (TPSA) is 78.5 Å². The summed E-state index contributed by atoms with van der Waals surface area (Å²) in [7, 11) is 0. The molecule has 0 aromatic heterocycles. The molecule has 3 aliphatic rings. The monoisotopic (exact) mass is 437 g/mol. The molecule has 3 amide bonds. The van der Waals surface area contributed by atoms with Crippen LogP contribution in [-0.2, 0) is 26.5 Å². The molecule has 3 aliphatic heterocycles. The highest BCUT2D eigenvalue weighted by molar-refractivity contribution is 6.31. The van der Waals surface area contributed by atoms with E-state index in [0.29, 0.717) is 28.6 Å². The number of amides is 3. The molecule has 0 saturated carbocycles. The van der Waals surface area contributed by atoms with Gasteiger partial charge in [-0.1, -0.05) is 61.8 Å². The van der Waals surface area contributed by atoms with Crippen molar-refractivity contribution in [3.8, 4) is 0 Å². The number of nitrogens with one attached hydrogen (secondary N) is 2. The maximum absolute atomic E-state index is 13.7. The molecular formula is C24H24ClN3O3. The lowest BCUT2D eigenvalue weighted by molar-refractivity contribution is -0.143. The average molecular weight is 438 g/mol. The molecule has 6 nitrogen and oxygen atoms in total. The summed E-state index contributed by atoms with van der Waals surface area (Å²) in [6.07, 6.45) is 0.692. The lowest BCUT2D eigenvalue weighted by Gasteiger charge is -2.30. The Kier molecular flexibility index (Phi) is 4.68. The maximum atomic E-state index is 13.7. The molecule has 2 saturated heterocycles. The number of carbonyl (C=O) groups is 3. The van der Waals surface area contributed by atoms with Gasteiger partial charge in [-0.25, -0.2) is 0 Å². The Balaban J connectivity index is 1.60. The maximum Gasteiger partial charge on any atom is 0.250 e. The van der Waals surface area contributed by atoms with Gasteiger partial charge < -0.3 is 5.32 Å². The summed E-state index contributed by atoms with van der Waals surface area (Å²) in [6, 6.07) is 14.3. The quantitative estimate of drug-likeness (QED) is 0.719. The van der Waals surface area contributed by atoms with E-state index in [2.05, 4.69) is 24.5 Å². The van der Waals surface area contributed by atoms with Gasteiger partial charge in [0.05, 0.1) is 18.4 Å². The number of para-hydroxylation sites is 1. The average Bonchev–Trinajstić information content (AvgIpc) is 3.30. The van der Waals surface area contributed by atoms with E-state index >= 15 is 0 Å². The molecule has 2 aromatic rings. The minimum absolute atomic E-state index is 0.109. The number of benzene rings is 2. The second-order valence-corrected chi connectivity index (χ2v) is 9.45. The van der Waals surface area contributed by atoms with Crippen LogP contribution in [0.4, 0.5) is 5.69 Å². The molecule has 0 unspecified atom stereocenters. The van der Waals surface area contributed by atoms with E-state index in [4.69, 9.17) is 11.6 Å². The number of anilines is 1. The van der Waals surface area contributed by atoms with Gasteiger partial charge in [0.2, 0.25) is 17.7 Å². The van der Waals surface area contributed by atoms with Gasteiger partial charge in [-0.05, 0) is 30.0 Å². The standard InChI is InChI=1S/C24H24ClN3O3/c1-13(2)11-18-19-20(24(27-18)15-8-4-6-10-17(15)26-23(24)31)22(30)28(21(19)29)12-14-7-3-5-9-16(14)25/h3-10,13,18-20,27H,11-12H2,1-2H3,(H,26,31)/t18-,19+,20+,24-/m1/s1. The van der Waals surface area contributed by atoms with Crippen LogP contribution in [0.2, 0.25) is 5.02 Å². The first-order chi connectivity index (χ1) is 14.8. The fourth-order valence-corrected chi connectivity index (χ4v) is 5.68. The first-order valence-corrected chi connectivity index (χ1v) is 11.0. The largest absolute Gasteiger partial charge is 0.324 e. The Bertz CT molecular complexity index is 1100. The first kappa shape index (κ1) is 20.2. The fraction of sp³-hybridized carbons (Fsp3) is 0.375. The highest BCUT2D eigenvalue weighted by Crippen LogP contribution is 2.53. The summed E-state index contributed by atoms with van der Waals surface area (Å²) >= 11 is 6.30. The van der Waals surface area contributed by atoms with Crippen LogP contribution in [0.3, 0.4) is 0 Å². The van der Waals surface area contributed by atoms with Gasteiger partial charge in [0.25, 0.3) is 0 Å². The minimum Gasteiger partial charge on any atom is -0.324 e. The van der Waals surface area contributed by atoms with Crippen LogP contribution in [0.15, 0.2) is 48.5 Å². The zero-order valence-corrected chi connectivity index (χ0v) is 18.1. The third-order valence-corrected chi connectivity index (χ3v) is 7.09. The van der Waals surface area contributed by atoms with E-state index in [1.807, 2.05) is 42.5 Å². The summed E-state index contributed by atoms with van der Waals surface area (Å²) in [5.74, 6) is -1.89. The fourth-order valence-electron chi connectivity index (χ4n) is 5.48. The van der Waals surface area contributed by atoms with E-state index in [1.165, 1.54) is 4.90 Å². The molecule has 4 atom stereocenters. The molecular weight excluding hydrogens is 414 g/mol. The number of halogens is 1. The minimum atomic E-state index is -1.23. The zero-order chi connectivity index (χ0) is 21.9. The van der Waals surface area contributed by atoms with Crippen LogP contribution in [0.1, 0.15) is 31.4 Å². The summed E-state index contributed by atoms with van der Waals surface area (Å²) in [6.45, 7) is 4.26. The molecule has 7 heteroatoms. The number of rotatable bonds is 4. The number of hydrogen-bond acceptors (Lipinski definition) is 4. The van der Waals surface area contributed by atoms with Crippen LogP contribution >= 0.6 is 11.6 Å². The predicted octanol–water partition coefficient (Wildman–Crippen LogP) is 3.31. The summed E-state index contributed by atoms with van der Waals surface area (Å²) in [5.41, 5.74) is 0.906. The van der Waals surface area contributed by atoms with Gasteiger partial charge in [0.15, 0.2) is 0 Å². The number of carbonyl (C=O) groups excluding carboxylic acids is 3. The zero-order valence-electron chi connectivity index (χ0n) is 17.4. The highest BCUT2D eigenvalue weighted by atomic mass is 35.5. The number of hydrogen-bond donors (Lipinski definition) is 2. The summed E-state index contributed by atoms with van der Waals surface area (Å²) < 4.78 is 0. The molecule has 5 rings (SSSR count). The Morgan fingerprint density at radius 3 is 2.48 bits per heavy atom. The van der Waals surface area contributed by atoms with Gasteiger partial charge in [0, 0.05) is 22.3 Å². The number of likely N-dealkylation sites (tertiary alicyclic amines) is 1. The van der Waals surface area contributed by atoms with Gasteiger partial charge in [-0.3, -0.25) is 24.6 Å². The normalized spacial score (nSPS) is 29.1. The van der Waals surface area contributed by atoms with Crippen molar-refractivity contribution in [1.29, 1.82) is 0 Å². The molecule has 2 N–H and O–H groups in total. The van der Waals surface area contributed by atoms with Crippen molar-refractivity contribution in [3.05, 3.63) is 64.7 Å². The van der Waals surface area contributed by atoms with Crippen LogP contribution in [-0.4, -0.2) is 28.7 Å². The number of nitrogens with zero attached hydrogens (tertiary/aromatic N) is 1. The Morgan fingerprint density at radius 1 is 1.03 bits per heavy atom. The van der Waals surface area contributed by atoms with Crippen molar-refractivity contribution in [2.75, 3.05) is 5.32 Å². The third kappa shape index (κ3) is 2.85. The number of fused-ring (bicyclic) bond motifs is 4. The van der Waals surface area contributed by atoms with Crippen molar-refractivity contribution >= 4 is 35.0 Å². The molecule has 0 aliphatic carbocycles. The van der Waals surface area contributed by atoms with Gasteiger partial charge in [-0.15, -0.1) is 0 Å². The van der Waals surface area contributed by atoms with E-state index in [1.54, 1.807) is 6.07 Å². The predicted molar refractivity (Wildman–Crippen MR) is 117 cm³/mol.